The number of nitrogens with zero attached hydrogens (tertiary/aromatic N) is 1. The van der Waals surface area contributed by atoms with Crippen molar-refractivity contribution in [3.8, 4) is 0 Å². The summed E-state index contributed by atoms with van der Waals surface area (Å²) in [5.74, 6) is 0. The highest BCUT2D eigenvalue weighted by Gasteiger charge is 2.29. The van der Waals surface area contributed by atoms with Crippen LogP contribution in [0.15, 0.2) is 32.4 Å². The van der Waals surface area contributed by atoms with Gasteiger partial charge in [0.1, 0.15) is 4.90 Å². The van der Waals surface area contributed by atoms with Gasteiger partial charge < -0.3 is 0 Å². The quantitative estimate of drug-likeness (QED) is 0.761. The van der Waals surface area contributed by atoms with E-state index in [1.165, 1.54) is 12.1 Å². The number of rotatable bonds is 2. The molecular weight excluding hydrogens is 284 g/mol. The normalized spacial score (nSPS) is 17.4. The Bertz CT molecular complexity index is 747. The van der Waals surface area contributed by atoms with E-state index in [-0.39, 0.29) is 21.1 Å². The summed E-state index contributed by atoms with van der Waals surface area (Å²) < 4.78 is 48.9. The number of hydrogen-bond acceptors (Lipinski definition) is 5. The summed E-state index contributed by atoms with van der Waals surface area (Å²) in [7, 11) is -7.83. The minimum atomic E-state index is -3.95. The molecule has 0 saturated heterocycles. The highest BCUT2D eigenvalue weighted by Crippen LogP contribution is 2.27. The molecule has 0 amide bonds. The molecule has 1 aromatic carbocycles. The molecule has 0 unspecified atom stereocenters. The van der Waals surface area contributed by atoms with Crippen LogP contribution in [0.2, 0.25) is 0 Å². The number of sulfonamides is 2. The van der Waals surface area contributed by atoms with Gasteiger partial charge in [-0.05, 0) is 12.1 Å². The van der Waals surface area contributed by atoms with Gasteiger partial charge in [-0.3, -0.25) is 0 Å². The van der Waals surface area contributed by atoms with Crippen LogP contribution < -0.4 is 5.14 Å². The lowest BCUT2D eigenvalue weighted by Gasteiger charge is -2.01. The van der Waals surface area contributed by atoms with Crippen LogP contribution in [-0.4, -0.2) is 27.9 Å². The lowest BCUT2D eigenvalue weighted by Crippen LogP contribution is -2.13. The maximum absolute atomic E-state index is 11.6. The Balaban J connectivity index is 2.78. The molecule has 1 heterocycles. The van der Waals surface area contributed by atoms with Crippen LogP contribution in [-0.2, 0) is 20.0 Å². The second kappa shape index (κ2) is 3.67. The molecule has 17 heavy (non-hydrogen) atoms. The molecule has 1 aromatic rings. The number of fused-ring (bicyclic) bond motifs is 1. The summed E-state index contributed by atoms with van der Waals surface area (Å²) in [4.78, 5) is -0.472. The first-order chi connectivity index (χ1) is 7.75. The minimum Gasteiger partial charge on any atom is -0.225 e. The summed E-state index contributed by atoms with van der Waals surface area (Å²) in [6.07, 6.45) is 0. The van der Waals surface area contributed by atoms with E-state index in [2.05, 4.69) is 16.6 Å². The van der Waals surface area contributed by atoms with Gasteiger partial charge >= 0.3 is 0 Å². The largest absolute Gasteiger partial charge is 0.283 e. The van der Waals surface area contributed by atoms with Gasteiger partial charge in [-0.1, -0.05) is 18.3 Å². The van der Waals surface area contributed by atoms with Crippen LogP contribution in [0.25, 0.3) is 0 Å². The van der Waals surface area contributed by atoms with Gasteiger partial charge in [-0.25, -0.2) is 13.6 Å². The number of thiocarbonyl (C=S) groups is 1. The Hall–Kier alpha value is -1.16. The Morgan fingerprint density at radius 2 is 2.00 bits per heavy atom. The molecule has 0 saturated carbocycles. The topological polar surface area (TPSA) is 107 Å². The van der Waals surface area contributed by atoms with Crippen molar-refractivity contribution < 1.29 is 16.8 Å². The van der Waals surface area contributed by atoms with Crippen molar-refractivity contribution in [3.05, 3.63) is 23.8 Å². The second-order valence-electron chi connectivity index (χ2n) is 3.27. The molecule has 6 nitrogen and oxygen atoms in total. The molecule has 90 valence electrons. The van der Waals surface area contributed by atoms with Crippen LogP contribution in [0.3, 0.4) is 0 Å². The molecule has 2 rings (SSSR count). The van der Waals surface area contributed by atoms with E-state index in [0.29, 0.717) is 0 Å². The first kappa shape index (κ1) is 12.3. The van der Waals surface area contributed by atoms with E-state index < -0.39 is 20.0 Å². The van der Waals surface area contributed by atoms with Gasteiger partial charge in [-0.15, -0.1) is 0 Å². The van der Waals surface area contributed by atoms with Gasteiger partial charge in [0.25, 0.3) is 10.0 Å². The van der Waals surface area contributed by atoms with E-state index in [9.17, 15) is 16.8 Å². The lowest BCUT2D eigenvalue weighted by atomic mass is 10.1. The molecule has 0 radical (unpaired) electrons. The molecule has 0 aromatic heterocycles. The number of hydrogen-bond donors (Lipinski definition) is 1. The Morgan fingerprint density at radius 3 is 2.53 bits per heavy atom. The van der Waals surface area contributed by atoms with Crippen LogP contribution in [0.1, 0.15) is 5.56 Å². The van der Waals surface area contributed by atoms with Crippen molar-refractivity contribution in [2.24, 2.45) is 9.54 Å². The van der Waals surface area contributed by atoms with Crippen LogP contribution in [0.4, 0.5) is 0 Å². The average Bonchev–Trinajstić information content (AvgIpc) is 2.49. The third-order valence-corrected chi connectivity index (χ3v) is 4.63. The third-order valence-electron chi connectivity index (χ3n) is 2.17. The molecule has 1 aliphatic rings. The van der Waals surface area contributed by atoms with Gasteiger partial charge in [0.2, 0.25) is 10.0 Å². The predicted octanol–water partition coefficient (Wildman–Crippen LogP) is -0.175. The molecule has 2 N–H and O–H groups in total. The first-order valence-corrected chi connectivity index (χ1v) is 7.69. The standard InChI is InChI=1S/C8H6N2O4S3/c9-16(11,12)5-1-2-6-7(4-15)10-17(13,14)8(6)3-5/h1-4H,(H2,9,11,12). The Kier molecular flexibility index (Phi) is 2.65. The van der Waals surface area contributed by atoms with Crippen molar-refractivity contribution in [2.45, 2.75) is 9.79 Å². The third kappa shape index (κ3) is 2.02. The zero-order valence-electron chi connectivity index (χ0n) is 8.19. The van der Waals surface area contributed by atoms with E-state index >= 15 is 0 Å². The fourth-order valence-electron chi connectivity index (χ4n) is 1.42. The molecule has 0 bridgehead atoms. The maximum atomic E-state index is 11.6. The zero-order valence-corrected chi connectivity index (χ0v) is 10.6. The summed E-state index contributed by atoms with van der Waals surface area (Å²) in [6, 6.07) is 3.51. The minimum absolute atomic E-state index is 0.121. The highest BCUT2D eigenvalue weighted by molar-refractivity contribution is 7.91. The fraction of sp³-hybridized carbons (Fsp3) is 0. The van der Waals surface area contributed by atoms with Gasteiger partial charge in [0.15, 0.2) is 0 Å². The highest BCUT2D eigenvalue weighted by atomic mass is 32.2. The molecular formula is C8H6N2O4S3. The van der Waals surface area contributed by atoms with Gasteiger partial charge in [0, 0.05) is 10.9 Å². The number of benzene rings is 1. The monoisotopic (exact) mass is 290 g/mol. The molecule has 1 aliphatic heterocycles. The summed E-state index contributed by atoms with van der Waals surface area (Å²) in [5.41, 5.74) is 0.406. The van der Waals surface area contributed by atoms with Crippen LogP contribution in [0, 0.1) is 0 Å². The van der Waals surface area contributed by atoms with Gasteiger partial charge in [-0.2, -0.15) is 12.8 Å². The summed E-state index contributed by atoms with van der Waals surface area (Å²) >= 11 is 4.63. The van der Waals surface area contributed by atoms with Gasteiger partial charge in [0.05, 0.1) is 10.6 Å². The number of primary sulfonamides is 1. The first-order valence-electron chi connectivity index (χ1n) is 4.23. The second-order valence-corrected chi connectivity index (χ2v) is 6.64. The maximum Gasteiger partial charge on any atom is 0.283 e. The smallest absolute Gasteiger partial charge is 0.225 e. The zero-order chi connectivity index (χ0) is 12.8. The Labute approximate surface area is 103 Å². The van der Waals surface area contributed by atoms with E-state index in [1.807, 2.05) is 0 Å². The molecule has 0 spiro atoms. The van der Waals surface area contributed by atoms with E-state index in [1.54, 1.807) is 0 Å². The SMILES string of the molecule is NS(=O)(=O)c1ccc2c(c1)S(=O)(=O)N=C2C=S. The number of nitrogens with two attached hydrogens (primary N) is 1. The molecule has 9 heteroatoms. The Morgan fingerprint density at radius 1 is 1.35 bits per heavy atom. The van der Waals surface area contributed by atoms with Crippen molar-refractivity contribution in [1.29, 1.82) is 0 Å². The summed E-state index contributed by atoms with van der Waals surface area (Å²) in [6.45, 7) is 0. The van der Waals surface area contributed by atoms with Crippen molar-refractivity contribution in [2.75, 3.05) is 0 Å². The fourth-order valence-corrected chi connectivity index (χ4v) is 3.51. The van der Waals surface area contributed by atoms with Crippen molar-refractivity contribution in [1.82, 2.24) is 0 Å². The van der Waals surface area contributed by atoms with Crippen molar-refractivity contribution >= 4 is 43.3 Å². The summed E-state index contributed by atoms with van der Waals surface area (Å²) in [5, 5.41) is 6.04. The van der Waals surface area contributed by atoms with Crippen LogP contribution in [0.5, 0.6) is 0 Å². The molecule has 0 aliphatic carbocycles. The molecule has 0 fully saturated rings. The average molecular weight is 290 g/mol. The van der Waals surface area contributed by atoms with E-state index in [4.69, 9.17) is 5.14 Å². The molecule has 0 atom stereocenters. The van der Waals surface area contributed by atoms with E-state index in [0.717, 1.165) is 11.4 Å². The van der Waals surface area contributed by atoms with Crippen molar-refractivity contribution in [3.63, 3.8) is 0 Å². The van der Waals surface area contributed by atoms with Crippen LogP contribution >= 0.6 is 12.2 Å². The lowest BCUT2D eigenvalue weighted by molar-refractivity contribution is 0.596. The predicted molar refractivity (Wildman–Crippen MR) is 65.2 cm³/mol.